The molecule has 16 heavy (non-hydrogen) atoms. The molecule has 6 heteroatoms. The summed E-state index contributed by atoms with van der Waals surface area (Å²) in [4.78, 5) is 21.6. The van der Waals surface area contributed by atoms with E-state index in [4.69, 9.17) is 0 Å². The minimum Gasteiger partial charge on any atom is -0.494 e. The van der Waals surface area contributed by atoms with E-state index in [1.54, 1.807) is 0 Å². The summed E-state index contributed by atoms with van der Waals surface area (Å²) in [6.07, 6.45) is 0. The van der Waals surface area contributed by atoms with Gasteiger partial charge in [-0.15, -0.1) is 0 Å². The predicted molar refractivity (Wildman–Crippen MR) is 52.2 cm³/mol. The Morgan fingerprint density at radius 3 is 2.38 bits per heavy atom. The Balaban J connectivity index is 3.02. The molecule has 0 radical (unpaired) electrons. The van der Waals surface area contributed by atoms with Crippen molar-refractivity contribution in [3.8, 4) is 5.75 Å². The van der Waals surface area contributed by atoms with Gasteiger partial charge in [0.2, 0.25) is 5.78 Å². The van der Waals surface area contributed by atoms with Crippen molar-refractivity contribution in [3.05, 3.63) is 23.8 Å². The second-order valence-corrected chi connectivity index (χ2v) is 2.98. The number of ether oxygens (including phenoxy) is 1. The van der Waals surface area contributed by atoms with Gasteiger partial charge in [-0.05, 0) is 0 Å². The summed E-state index contributed by atoms with van der Waals surface area (Å²) in [5, 5.41) is 1.94. The second-order valence-electron chi connectivity index (χ2n) is 2.98. The van der Waals surface area contributed by atoms with Gasteiger partial charge in [-0.25, -0.2) is 8.78 Å². The van der Waals surface area contributed by atoms with Gasteiger partial charge in [-0.1, -0.05) is 0 Å². The summed E-state index contributed by atoms with van der Waals surface area (Å²) in [6, 6.07) is 1.53. The molecule has 86 valence electrons. The number of rotatable bonds is 3. The number of anilines is 1. The highest BCUT2D eigenvalue weighted by atomic mass is 19.1. The Bertz CT molecular complexity index is 446. The van der Waals surface area contributed by atoms with Crippen LogP contribution in [0.2, 0.25) is 0 Å². The Morgan fingerprint density at radius 1 is 1.25 bits per heavy atom. The number of nitrogens with one attached hydrogen (secondary N) is 1. The van der Waals surface area contributed by atoms with Crippen LogP contribution in [0.4, 0.5) is 14.5 Å². The minimum absolute atomic E-state index is 0.279. The molecule has 0 saturated heterocycles. The van der Waals surface area contributed by atoms with Crippen LogP contribution in [0.25, 0.3) is 0 Å². The number of halogens is 2. The van der Waals surface area contributed by atoms with Crippen LogP contribution < -0.4 is 10.1 Å². The fourth-order valence-electron chi connectivity index (χ4n) is 0.991. The number of carbonyl (C=O) groups is 2. The largest absolute Gasteiger partial charge is 0.494 e. The molecule has 0 aromatic heterocycles. The first kappa shape index (κ1) is 12.1. The van der Waals surface area contributed by atoms with Crippen LogP contribution in [-0.4, -0.2) is 18.8 Å². The number of amides is 1. The van der Waals surface area contributed by atoms with Crippen LogP contribution in [0, 0.1) is 11.6 Å². The fourth-order valence-corrected chi connectivity index (χ4v) is 0.991. The summed E-state index contributed by atoms with van der Waals surface area (Å²) < 4.78 is 31.0. The highest BCUT2D eigenvalue weighted by Gasteiger charge is 2.14. The highest BCUT2D eigenvalue weighted by Crippen LogP contribution is 2.24. The number of hydrogen-bond acceptors (Lipinski definition) is 3. The molecule has 1 rings (SSSR count). The first-order valence-corrected chi connectivity index (χ1v) is 4.30. The number of carbonyl (C=O) groups excluding carboxylic acids is 2. The zero-order chi connectivity index (χ0) is 12.3. The van der Waals surface area contributed by atoms with Gasteiger partial charge in [0.1, 0.15) is 0 Å². The first-order valence-electron chi connectivity index (χ1n) is 4.30. The van der Waals surface area contributed by atoms with Gasteiger partial charge in [0.25, 0.3) is 5.91 Å². The maximum atomic E-state index is 13.3. The van der Waals surface area contributed by atoms with E-state index in [-0.39, 0.29) is 5.75 Å². The molecule has 1 amide bonds. The normalized spacial score (nSPS) is 9.75. The fraction of sp³-hybridized carbons (Fsp3) is 0.200. The van der Waals surface area contributed by atoms with Crippen molar-refractivity contribution in [2.24, 2.45) is 0 Å². The van der Waals surface area contributed by atoms with Crippen LogP contribution >= 0.6 is 0 Å². The molecule has 1 aromatic rings. The van der Waals surface area contributed by atoms with Crippen molar-refractivity contribution in [3.63, 3.8) is 0 Å². The number of ketones is 1. The smallest absolute Gasteiger partial charge is 0.291 e. The zero-order valence-electron chi connectivity index (χ0n) is 8.64. The van der Waals surface area contributed by atoms with Gasteiger partial charge in [-0.2, -0.15) is 0 Å². The van der Waals surface area contributed by atoms with Crippen LogP contribution in [0.3, 0.4) is 0 Å². The molecule has 0 bridgehead atoms. The second kappa shape index (κ2) is 4.69. The van der Waals surface area contributed by atoms with Crippen molar-refractivity contribution >= 4 is 17.4 Å². The Labute approximate surface area is 90.2 Å². The predicted octanol–water partition coefficient (Wildman–Crippen LogP) is 1.50. The molecule has 0 saturated carbocycles. The summed E-state index contributed by atoms with van der Waals surface area (Å²) in [5.41, 5.74) is -0.404. The molecule has 0 aliphatic rings. The molecule has 0 atom stereocenters. The maximum absolute atomic E-state index is 13.3. The molecular weight excluding hydrogens is 220 g/mol. The van der Waals surface area contributed by atoms with Crippen molar-refractivity contribution < 1.29 is 23.1 Å². The molecule has 4 nitrogen and oxygen atoms in total. The molecule has 0 spiro atoms. The summed E-state index contributed by atoms with van der Waals surface area (Å²) in [5.74, 6) is -3.80. The molecule has 0 heterocycles. The molecule has 0 fully saturated rings. The third-order valence-corrected chi connectivity index (χ3v) is 1.81. The van der Waals surface area contributed by atoms with E-state index in [2.05, 4.69) is 4.74 Å². The zero-order valence-corrected chi connectivity index (χ0v) is 8.64. The summed E-state index contributed by atoms with van der Waals surface area (Å²) >= 11 is 0. The van der Waals surface area contributed by atoms with Crippen molar-refractivity contribution in [2.45, 2.75) is 6.92 Å². The van der Waals surface area contributed by atoms with Gasteiger partial charge in [0.15, 0.2) is 17.4 Å². The third-order valence-electron chi connectivity index (χ3n) is 1.81. The lowest BCUT2D eigenvalue weighted by atomic mass is 10.2. The lowest BCUT2D eigenvalue weighted by Crippen LogP contribution is -2.20. The van der Waals surface area contributed by atoms with Crippen LogP contribution in [-0.2, 0) is 9.59 Å². The van der Waals surface area contributed by atoms with Gasteiger partial charge >= 0.3 is 0 Å². The van der Waals surface area contributed by atoms with Crippen molar-refractivity contribution in [1.82, 2.24) is 0 Å². The van der Waals surface area contributed by atoms with Gasteiger partial charge in [0, 0.05) is 19.1 Å². The third kappa shape index (κ3) is 2.53. The maximum Gasteiger partial charge on any atom is 0.291 e. The molecule has 0 aliphatic heterocycles. The van der Waals surface area contributed by atoms with E-state index in [9.17, 15) is 18.4 Å². The van der Waals surface area contributed by atoms with Crippen LogP contribution in [0.5, 0.6) is 5.75 Å². The SMILES string of the molecule is COc1cc(F)c(NC(=O)C(C)=O)cc1F. The molecule has 0 aliphatic carbocycles. The molecular formula is C10H9F2NO3. The lowest BCUT2D eigenvalue weighted by molar-refractivity contribution is -0.133. The molecule has 1 aromatic carbocycles. The monoisotopic (exact) mass is 229 g/mol. The van der Waals surface area contributed by atoms with Crippen molar-refractivity contribution in [2.75, 3.05) is 12.4 Å². The van der Waals surface area contributed by atoms with Crippen molar-refractivity contribution in [1.29, 1.82) is 0 Å². The number of benzene rings is 1. The van der Waals surface area contributed by atoms with Gasteiger partial charge in [-0.3, -0.25) is 9.59 Å². The van der Waals surface area contributed by atoms with E-state index in [0.29, 0.717) is 0 Å². The lowest BCUT2D eigenvalue weighted by Gasteiger charge is -2.07. The van der Waals surface area contributed by atoms with Gasteiger partial charge < -0.3 is 10.1 Å². The average molecular weight is 229 g/mol. The highest BCUT2D eigenvalue weighted by molar-refractivity contribution is 6.39. The van der Waals surface area contributed by atoms with E-state index >= 15 is 0 Å². The van der Waals surface area contributed by atoms with E-state index < -0.39 is 29.0 Å². The van der Waals surface area contributed by atoms with E-state index in [0.717, 1.165) is 19.1 Å². The summed E-state index contributed by atoms with van der Waals surface area (Å²) in [7, 11) is 1.19. The Morgan fingerprint density at radius 2 is 1.88 bits per heavy atom. The van der Waals surface area contributed by atoms with Gasteiger partial charge in [0.05, 0.1) is 12.8 Å². The number of hydrogen-bond donors (Lipinski definition) is 1. The number of Topliss-reactive ketones (excluding diaryl/α,β-unsaturated/α-hetero) is 1. The Kier molecular flexibility index (Phi) is 3.55. The van der Waals surface area contributed by atoms with Crippen LogP contribution in [0.1, 0.15) is 6.92 Å². The average Bonchev–Trinajstić information content (AvgIpc) is 2.22. The molecule has 1 N–H and O–H groups in total. The van der Waals surface area contributed by atoms with E-state index in [1.807, 2.05) is 5.32 Å². The Hall–Kier alpha value is -1.98. The molecule has 0 unspecified atom stereocenters. The minimum atomic E-state index is -1.01. The van der Waals surface area contributed by atoms with E-state index in [1.165, 1.54) is 7.11 Å². The number of methoxy groups -OCH3 is 1. The summed E-state index contributed by atoms with van der Waals surface area (Å²) in [6.45, 7) is 1.02. The topological polar surface area (TPSA) is 55.4 Å². The van der Waals surface area contributed by atoms with Crippen LogP contribution in [0.15, 0.2) is 12.1 Å². The first-order chi connectivity index (χ1) is 7.45. The quantitative estimate of drug-likeness (QED) is 0.799. The standard InChI is InChI=1S/C10H9F2NO3/c1-5(14)10(15)13-8-3-7(12)9(16-2)4-6(8)11/h3-4H,1-2H3,(H,13,15).